The van der Waals surface area contributed by atoms with Crippen LogP contribution in [0, 0.1) is 0 Å². The smallest absolute Gasteiger partial charge is 0.329 e. The van der Waals surface area contributed by atoms with Crippen LogP contribution >= 0.6 is 23.2 Å². The summed E-state index contributed by atoms with van der Waals surface area (Å²) in [6, 6.07) is 4.28. The van der Waals surface area contributed by atoms with Gasteiger partial charge in [-0.15, -0.1) is 0 Å². The average molecular weight is 319 g/mol. The van der Waals surface area contributed by atoms with Gasteiger partial charge < -0.3 is 15.3 Å². The van der Waals surface area contributed by atoms with Crippen LogP contribution in [0.15, 0.2) is 18.2 Å². The Balaban J connectivity index is 3.00. The van der Waals surface area contributed by atoms with E-state index in [0.717, 1.165) is 0 Å². The van der Waals surface area contributed by atoms with E-state index in [0.29, 0.717) is 10.7 Å². The molecule has 0 heterocycles. The predicted octanol–water partition coefficient (Wildman–Crippen LogP) is 3.71. The van der Waals surface area contributed by atoms with Gasteiger partial charge in [0.2, 0.25) is 0 Å². The fraction of sp³-hybridized carbons (Fsp3) is 0.385. The molecule has 7 heteroatoms. The summed E-state index contributed by atoms with van der Waals surface area (Å²) < 4.78 is 0. The Labute approximate surface area is 127 Å². The quantitative estimate of drug-likeness (QED) is 0.889. The molecule has 0 atom stereocenters. The lowest BCUT2D eigenvalue weighted by molar-refractivity contribution is -0.147. The summed E-state index contributed by atoms with van der Waals surface area (Å²) in [5, 5.41) is 12.3. The van der Waals surface area contributed by atoms with Crippen molar-refractivity contribution in [2.75, 3.05) is 11.9 Å². The van der Waals surface area contributed by atoms with Gasteiger partial charge in [0.25, 0.3) is 0 Å². The molecular weight excluding hydrogens is 303 g/mol. The number of carbonyl (C=O) groups excluding carboxylic acids is 1. The molecule has 0 aliphatic carbocycles. The third kappa shape index (κ3) is 3.35. The number of amides is 2. The average Bonchev–Trinajstić information content (AvgIpc) is 2.35. The molecule has 0 saturated carbocycles. The molecule has 0 aliphatic heterocycles. The summed E-state index contributed by atoms with van der Waals surface area (Å²) in [7, 11) is 0. The molecule has 2 N–H and O–H groups in total. The van der Waals surface area contributed by atoms with Crippen LogP contribution in [0.1, 0.15) is 20.8 Å². The highest BCUT2D eigenvalue weighted by molar-refractivity contribution is 6.43. The number of hydrogen-bond acceptors (Lipinski definition) is 2. The minimum absolute atomic E-state index is 0.215. The standard InChI is InChI=1S/C13H16Cl2N2O3/c1-4-17(13(2,3)11(18)19)12(20)16-9-7-5-6-8(14)10(9)15/h5-7H,4H2,1-3H3,(H,16,20)(H,18,19). The molecule has 2 amide bonds. The summed E-state index contributed by atoms with van der Waals surface area (Å²) in [5.41, 5.74) is -0.993. The van der Waals surface area contributed by atoms with Crippen molar-refractivity contribution in [3.63, 3.8) is 0 Å². The van der Waals surface area contributed by atoms with E-state index in [1.807, 2.05) is 0 Å². The second-order valence-electron chi connectivity index (χ2n) is 4.64. The van der Waals surface area contributed by atoms with Gasteiger partial charge in [-0.3, -0.25) is 0 Å². The number of nitrogens with one attached hydrogen (secondary N) is 1. The molecule has 0 fully saturated rings. The van der Waals surface area contributed by atoms with Crippen molar-refractivity contribution in [2.45, 2.75) is 26.3 Å². The van der Waals surface area contributed by atoms with E-state index in [-0.39, 0.29) is 11.6 Å². The van der Waals surface area contributed by atoms with E-state index >= 15 is 0 Å². The molecule has 1 aromatic rings. The van der Waals surface area contributed by atoms with Gasteiger partial charge in [0.1, 0.15) is 5.54 Å². The number of hydrogen-bond donors (Lipinski definition) is 2. The van der Waals surface area contributed by atoms with Crippen molar-refractivity contribution in [3.8, 4) is 0 Å². The van der Waals surface area contributed by atoms with Crippen LogP contribution in [-0.2, 0) is 4.79 Å². The lowest BCUT2D eigenvalue weighted by Gasteiger charge is -2.34. The second kappa shape index (κ2) is 6.33. The number of carbonyl (C=O) groups is 2. The van der Waals surface area contributed by atoms with Crippen LogP contribution in [0.5, 0.6) is 0 Å². The van der Waals surface area contributed by atoms with Crippen molar-refractivity contribution >= 4 is 40.9 Å². The van der Waals surface area contributed by atoms with Crippen LogP contribution in [0.4, 0.5) is 10.5 Å². The van der Waals surface area contributed by atoms with Crippen molar-refractivity contribution < 1.29 is 14.7 Å². The molecular formula is C13H16Cl2N2O3. The molecule has 0 radical (unpaired) electrons. The predicted molar refractivity (Wildman–Crippen MR) is 79.6 cm³/mol. The minimum Gasteiger partial charge on any atom is -0.480 e. The zero-order chi connectivity index (χ0) is 15.5. The molecule has 0 bridgehead atoms. The van der Waals surface area contributed by atoms with Crippen LogP contribution in [0.25, 0.3) is 0 Å². The number of carboxylic acid groups (broad SMARTS) is 1. The van der Waals surface area contributed by atoms with Crippen molar-refractivity contribution in [2.24, 2.45) is 0 Å². The van der Waals surface area contributed by atoms with E-state index in [1.54, 1.807) is 25.1 Å². The molecule has 1 rings (SSSR count). The summed E-state index contributed by atoms with van der Waals surface area (Å²) in [4.78, 5) is 24.6. The van der Waals surface area contributed by atoms with Crippen LogP contribution in [0.3, 0.4) is 0 Å². The Morgan fingerprint density at radius 2 is 1.95 bits per heavy atom. The monoisotopic (exact) mass is 318 g/mol. The SMILES string of the molecule is CCN(C(=O)Nc1cccc(Cl)c1Cl)C(C)(C)C(=O)O. The van der Waals surface area contributed by atoms with Gasteiger partial charge in [-0.1, -0.05) is 29.3 Å². The first kappa shape index (κ1) is 16.6. The number of carboxylic acids is 1. The third-order valence-corrected chi connectivity index (χ3v) is 3.77. The first-order chi connectivity index (χ1) is 9.21. The number of anilines is 1. The van der Waals surface area contributed by atoms with Crippen LogP contribution in [-0.4, -0.2) is 34.1 Å². The molecule has 0 spiro atoms. The maximum absolute atomic E-state index is 12.2. The lowest BCUT2D eigenvalue weighted by Crippen LogP contribution is -2.54. The van der Waals surface area contributed by atoms with Gasteiger partial charge in [0.05, 0.1) is 15.7 Å². The number of aliphatic carboxylic acids is 1. The maximum Gasteiger partial charge on any atom is 0.329 e. The summed E-state index contributed by atoms with van der Waals surface area (Å²) >= 11 is 11.8. The normalized spacial score (nSPS) is 11.1. The van der Waals surface area contributed by atoms with Gasteiger partial charge in [-0.05, 0) is 32.9 Å². The number of nitrogens with zero attached hydrogens (tertiary/aromatic N) is 1. The highest BCUT2D eigenvalue weighted by atomic mass is 35.5. The molecule has 110 valence electrons. The number of urea groups is 1. The number of likely N-dealkylation sites (N-methyl/N-ethyl adjacent to an activating group) is 1. The first-order valence-corrected chi connectivity index (χ1v) is 6.73. The molecule has 20 heavy (non-hydrogen) atoms. The number of halogens is 2. The lowest BCUT2D eigenvalue weighted by atomic mass is 10.0. The van der Waals surface area contributed by atoms with Gasteiger partial charge >= 0.3 is 12.0 Å². The molecule has 1 aromatic carbocycles. The van der Waals surface area contributed by atoms with E-state index in [9.17, 15) is 14.7 Å². The Kier molecular flexibility index (Phi) is 5.25. The minimum atomic E-state index is -1.33. The fourth-order valence-electron chi connectivity index (χ4n) is 1.69. The second-order valence-corrected chi connectivity index (χ2v) is 5.43. The van der Waals surface area contributed by atoms with E-state index in [2.05, 4.69) is 5.32 Å². The summed E-state index contributed by atoms with van der Waals surface area (Å²) in [5.74, 6) is -1.09. The van der Waals surface area contributed by atoms with E-state index in [1.165, 1.54) is 18.7 Å². The van der Waals surface area contributed by atoms with Crippen molar-refractivity contribution in [1.82, 2.24) is 4.90 Å². The van der Waals surface area contributed by atoms with Gasteiger partial charge in [0, 0.05) is 6.54 Å². The Bertz CT molecular complexity index is 532. The maximum atomic E-state index is 12.2. The van der Waals surface area contributed by atoms with Crippen LogP contribution in [0.2, 0.25) is 10.0 Å². The largest absolute Gasteiger partial charge is 0.480 e. The number of benzene rings is 1. The molecule has 0 saturated heterocycles. The Hall–Kier alpha value is -1.46. The van der Waals surface area contributed by atoms with Crippen LogP contribution < -0.4 is 5.32 Å². The molecule has 0 aliphatic rings. The van der Waals surface area contributed by atoms with Gasteiger partial charge in [-0.2, -0.15) is 0 Å². The van der Waals surface area contributed by atoms with E-state index < -0.39 is 17.5 Å². The third-order valence-electron chi connectivity index (χ3n) is 2.95. The zero-order valence-corrected chi connectivity index (χ0v) is 12.9. The first-order valence-electron chi connectivity index (χ1n) is 5.97. The van der Waals surface area contributed by atoms with Crippen molar-refractivity contribution in [3.05, 3.63) is 28.2 Å². The Morgan fingerprint density at radius 1 is 1.35 bits per heavy atom. The van der Waals surface area contributed by atoms with Crippen molar-refractivity contribution in [1.29, 1.82) is 0 Å². The van der Waals surface area contributed by atoms with Gasteiger partial charge in [-0.25, -0.2) is 9.59 Å². The molecule has 0 aromatic heterocycles. The topological polar surface area (TPSA) is 69.6 Å². The Morgan fingerprint density at radius 3 is 2.45 bits per heavy atom. The zero-order valence-electron chi connectivity index (χ0n) is 11.4. The van der Waals surface area contributed by atoms with Gasteiger partial charge in [0.15, 0.2) is 0 Å². The fourth-order valence-corrected chi connectivity index (χ4v) is 2.04. The summed E-state index contributed by atoms with van der Waals surface area (Å²) in [6.07, 6.45) is 0. The molecule has 5 nitrogen and oxygen atoms in total. The highest BCUT2D eigenvalue weighted by Gasteiger charge is 2.37. The summed E-state index contributed by atoms with van der Waals surface area (Å²) in [6.45, 7) is 4.85. The van der Waals surface area contributed by atoms with E-state index in [4.69, 9.17) is 23.2 Å². The molecule has 0 unspecified atom stereocenters. The number of rotatable bonds is 4. The highest BCUT2D eigenvalue weighted by Crippen LogP contribution is 2.30.